The third-order valence-electron chi connectivity index (χ3n) is 2.87. The van der Waals surface area contributed by atoms with E-state index >= 15 is 0 Å². The highest BCUT2D eigenvalue weighted by molar-refractivity contribution is 5.48. The highest BCUT2D eigenvalue weighted by Crippen LogP contribution is 2.28. The number of rotatable bonds is 7. The molecule has 104 valence electrons. The number of aliphatic hydroxyl groups excluding tert-OH is 1. The Morgan fingerprint density at radius 3 is 2.89 bits per heavy atom. The summed E-state index contributed by atoms with van der Waals surface area (Å²) < 4.78 is 5.30. The molecule has 2 rings (SSSR count). The molecule has 0 radical (unpaired) electrons. The van der Waals surface area contributed by atoms with Crippen LogP contribution in [0.15, 0.2) is 18.2 Å². The molecule has 1 aromatic carbocycles. The first-order chi connectivity index (χ1) is 9.06. The maximum absolute atomic E-state index is 10.9. The van der Waals surface area contributed by atoms with Crippen LogP contribution in [0, 0.1) is 10.1 Å². The Hall–Kier alpha value is -1.66. The lowest BCUT2D eigenvalue weighted by Crippen LogP contribution is -2.16. The second kappa shape index (κ2) is 5.99. The second-order valence-corrected chi connectivity index (χ2v) is 4.87. The number of benzene rings is 1. The van der Waals surface area contributed by atoms with Gasteiger partial charge in [-0.15, -0.1) is 0 Å². The van der Waals surface area contributed by atoms with Gasteiger partial charge in [-0.25, -0.2) is 0 Å². The highest BCUT2D eigenvalue weighted by atomic mass is 16.6. The Morgan fingerprint density at radius 2 is 2.32 bits per heavy atom. The number of ether oxygens (including phenoxy) is 1. The van der Waals surface area contributed by atoms with Gasteiger partial charge in [0.05, 0.1) is 11.0 Å². The number of hydrogen-bond donors (Lipinski definition) is 2. The molecule has 1 aromatic rings. The largest absolute Gasteiger partial charge is 0.484 e. The lowest BCUT2D eigenvalue weighted by Gasteiger charge is -2.10. The molecule has 6 nitrogen and oxygen atoms in total. The average molecular weight is 266 g/mol. The molecule has 1 fully saturated rings. The number of nitrogens with one attached hydrogen (secondary N) is 1. The van der Waals surface area contributed by atoms with Crippen molar-refractivity contribution >= 4 is 5.69 Å². The van der Waals surface area contributed by atoms with E-state index in [1.165, 1.54) is 18.9 Å². The number of aliphatic hydroxyl groups is 1. The normalized spacial score (nSPS) is 16.1. The lowest BCUT2D eigenvalue weighted by molar-refractivity contribution is -0.385. The summed E-state index contributed by atoms with van der Waals surface area (Å²) in [6, 6.07) is 5.41. The molecule has 6 heteroatoms. The first kappa shape index (κ1) is 13.8. The van der Waals surface area contributed by atoms with Gasteiger partial charge in [-0.1, -0.05) is 6.07 Å². The van der Waals surface area contributed by atoms with Gasteiger partial charge in [0.25, 0.3) is 0 Å². The smallest absolute Gasteiger partial charge is 0.310 e. The summed E-state index contributed by atoms with van der Waals surface area (Å²) in [5.41, 5.74) is 0.869. The van der Waals surface area contributed by atoms with Crippen molar-refractivity contribution in [2.24, 2.45) is 0 Å². The molecule has 0 spiro atoms. The van der Waals surface area contributed by atoms with Crippen LogP contribution < -0.4 is 10.1 Å². The lowest BCUT2D eigenvalue weighted by atomic mass is 10.2. The Labute approximate surface area is 111 Å². The van der Waals surface area contributed by atoms with Crippen molar-refractivity contribution in [2.75, 3.05) is 6.61 Å². The minimum absolute atomic E-state index is 0.0420. The Balaban J connectivity index is 2.08. The molecule has 1 atom stereocenters. The summed E-state index contributed by atoms with van der Waals surface area (Å²) in [5, 5.41) is 23.4. The Morgan fingerprint density at radius 1 is 1.58 bits per heavy atom. The van der Waals surface area contributed by atoms with E-state index in [0.29, 0.717) is 12.6 Å². The SMILES string of the molecule is CC(O)COc1cc(CNC2CC2)ccc1[N+](=O)[O-]. The third kappa shape index (κ3) is 4.18. The van der Waals surface area contributed by atoms with Crippen LogP contribution >= 0.6 is 0 Å². The standard InChI is InChI=1S/C13H18N2O4/c1-9(16)8-19-13-6-10(7-14-11-3-4-11)2-5-12(13)15(17)18/h2,5-6,9,11,14,16H,3-4,7-8H2,1H3. The molecule has 0 aliphatic heterocycles. The monoisotopic (exact) mass is 266 g/mol. The van der Waals surface area contributed by atoms with Crippen LogP contribution in [-0.4, -0.2) is 28.8 Å². The Kier molecular flexibility index (Phi) is 4.34. The van der Waals surface area contributed by atoms with E-state index < -0.39 is 11.0 Å². The summed E-state index contributed by atoms with van der Waals surface area (Å²) in [5.74, 6) is 0.209. The average Bonchev–Trinajstić information content (AvgIpc) is 3.17. The topological polar surface area (TPSA) is 84.6 Å². The minimum atomic E-state index is -0.659. The van der Waals surface area contributed by atoms with Crippen LogP contribution in [0.25, 0.3) is 0 Å². The summed E-state index contributed by atoms with van der Waals surface area (Å²) in [6.07, 6.45) is 1.73. The van der Waals surface area contributed by atoms with Crippen molar-refractivity contribution in [1.29, 1.82) is 0 Å². The summed E-state index contributed by atoms with van der Waals surface area (Å²) >= 11 is 0. The number of nitrogens with zero attached hydrogens (tertiary/aromatic N) is 1. The fourth-order valence-corrected chi connectivity index (χ4v) is 1.69. The molecule has 1 saturated carbocycles. The van der Waals surface area contributed by atoms with E-state index in [9.17, 15) is 15.2 Å². The summed E-state index contributed by atoms with van der Waals surface area (Å²) in [6.45, 7) is 2.29. The van der Waals surface area contributed by atoms with E-state index in [1.807, 2.05) is 0 Å². The van der Waals surface area contributed by atoms with E-state index in [2.05, 4.69) is 5.32 Å². The molecule has 1 aliphatic rings. The Bertz CT molecular complexity index is 458. The maximum Gasteiger partial charge on any atom is 0.310 e. The van der Waals surface area contributed by atoms with Gasteiger partial charge in [-0.05, 0) is 31.4 Å². The van der Waals surface area contributed by atoms with Gasteiger partial charge in [-0.3, -0.25) is 10.1 Å². The van der Waals surface area contributed by atoms with Crippen molar-refractivity contribution in [1.82, 2.24) is 5.32 Å². The van der Waals surface area contributed by atoms with Crippen LogP contribution in [0.1, 0.15) is 25.3 Å². The molecule has 19 heavy (non-hydrogen) atoms. The molecule has 0 saturated heterocycles. The first-order valence-corrected chi connectivity index (χ1v) is 6.38. The van der Waals surface area contributed by atoms with E-state index in [4.69, 9.17) is 4.74 Å². The van der Waals surface area contributed by atoms with Crippen LogP contribution in [0.3, 0.4) is 0 Å². The predicted octanol–water partition coefficient (Wildman–Crippen LogP) is 1.61. The zero-order valence-corrected chi connectivity index (χ0v) is 10.8. The van der Waals surface area contributed by atoms with Gasteiger partial charge in [-0.2, -0.15) is 0 Å². The third-order valence-corrected chi connectivity index (χ3v) is 2.87. The molecule has 0 heterocycles. The van der Waals surface area contributed by atoms with Crippen molar-refractivity contribution in [3.05, 3.63) is 33.9 Å². The molecule has 0 aromatic heterocycles. The fraction of sp³-hybridized carbons (Fsp3) is 0.538. The zero-order valence-electron chi connectivity index (χ0n) is 10.8. The maximum atomic E-state index is 10.9. The fourth-order valence-electron chi connectivity index (χ4n) is 1.69. The predicted molar refractivity (Wildman–Crippen MR) is 70.1 cm³/mol. The van der Waals surface area contributed by atoms with Crippen molar-refractivity contribution in [3.8, 4) is 5.75 Å². The van der Waals surface area contributed by atoms with E-state index in [1.54, 1.807) is 19.1 Å². The summed E-state index contributed by atoms with van der Waals surface area (Å²) in [4.78, 5) is 10.4. The van der Waals surface area contributed by atoms with Gasteiger partial charge in [0.2, 0.25) is 0 Å². The van der Waals surface area contributed by atoms with Gasteiger partial charge < -0.3 is 15.2 Å². The highest BCUT2D eigenvalue weighted by Gasteiger charge is 2.21. The zero-order chi connectivity index (χ0) is 13.8. The van der Waals surface area contributed by atoms with Gasteiger partial charge >= 0.3 is 5.69 Å². The van der Waals surface area contributed by atoms with Crippen LogP contribution in [-0.2, 0) is 6.54 Å². The van der Waals surface area contributed by atoms with Crippen molar-refractivity contribution in [2.45, 2.75) is 38.5 Å². The summed E-state index contributed by atoms with van der Waals surface area (Å²) in [7, 11) is 0. The second-order valence-electron chi connectivity index (χ2n) is 4.87. The van der Waals surface area contributed by atoms with Gasteiger partial charge in [0.15, 0.2) is 5.75 Å². The molecule has 1 unspecified atom stereocenters. The minimum Gasteiger partial charge on any atom is -0.484 e. The molecular weight excluding hydrogens is 248 g/mol. The van der Waals surface area contributed by atoms with Crippen LogP contribution in [0.2, 0.25) is 0 Å². The van der Waals surface area contributed by atoms with E-state index in [0.717, 1.165) is 5.56 Å². The number of nitro groups is 1. The van der Waals surface area contributed by atoms with Gasteiger partial charge in [0.1, 0.15) is 6.61 Å². The molecule has 0 amide bonds. The number of nitro benzene ring substituents is 1. The quantitative estimate of drug-likeness (QED) is 0.578. The van der Waals surface area contributed by atoms with Crippen LogP contribution in [0.5, 0.6) is 5.75 Å². The molecular formula is C13H18N2O4. The first-order valence-electron chi connectivity index (χ1n) is 6.38. The van der Waals surface area contributed by atoms with E-state index in [-0.39, 0.29) is 18.0 Å². The number of hydrogen-bond acceptors (Lipinski definition) is 5. The van der Waals surface area contributed by atoms with Crippen molar-refractivity contribution < 1.29 is 14.8 Å². The molecule has 0 bridgehead atoms. The van der Waals surface area contributed by atoms with Crippen molar-refractivity contribution in [3.63, 3.8) is 0 Å². The molecule has 1 aliphatic carbocycles. The van der Waals surface area contributed by atoms with Crippen LogP contribution in [0.4, 0.5) is 5.69 Å². The van der Waals surface area contributed by atoms with Gasteiger partial charge in [0, 0.05) is 18.7 Å². The molecule has 2 N–H and O–H groups in total.